The van der Waals surface area contributed by atoms with Gasteiger partial charge in [0.1, 0.15) is 5.82 Å². The Labute approximate surface area is 173 Å². The van der Waals surface area contributed by atoms with E-state index in [9.17, 15) is 9.59 Å². The van der Waals surface area contributed by atoms with Crippen LogP contribution in [0, 0.1) is 18.8 Å². The summed E-state index contributed by atoms with van der Waals surface area (Å²) in [5.74, 6) is 0.921. The second-order valence-corrected chi connectivity index (χ2v) is 8.74. The molecule has 2 aliphatic rings. The maximum absolute atomic E-state index is 13.0. The number of rotatable bonds is 4. The molecule has 1 N–H and O–H groups in total. The molecule has 148 valence electrons. The molecular weight excluding hydrogens is 420 g/mol. The Morgan fingerprint density at radius 2 is 1.86 bits per heavy atom. The third-order valence-electron chi connectivity index (χ3n) is 5.63. The molecule has 2 fully saturated rings. The first-order valence-electron chi connectivity index (χ1n) is 9.83. The monoisotopic (exact) mass is 444 g/mol. The van der Waals surface area contributed by atoms with E-state index in [4.69, 9.17) is 0 Å². The van der Waals surface area contributed by atoms with Gasteiger partial charge in [-0.1, -0.05) is 28.1 Å². The lowest BCUT2D eigenvalue weighted by molar-refractivity contribution is -0.135. The van der Waals surface area contributed by atoms with Crippen LogP contribution in [-0.2, 0) is 16.6 Å². The van der Waals surface area contributed by atoms with Gasteiger partial charge in [-0.3, -0.25) is 14.3 Å². The van der Waals surface area contributed by atoms with Gasteiger partial charge >= 0.3 is 0 Å². The number of amides is 2. The van der Waals surface area contributed by atoms with Crippen LogP contribution >= 0.6 is 15.9 Å². The second kappa shape index (κ2) is 7.70. The number of aryl methyl sites for hydroxylation is 2. The van der Waals surface area contributed by atoms with Gasteiger partial charge in [0, 0.05) is 36.1 Å². The number of carbonyl (C=O) groups excluding carboxylic acids is 2. The first kappa shape index (κ1) is 19.2. The fourth-order valence-corrected chi connectivity index (χ4v) is 4.23. The Morgan fingerprint density at radius 1 is 1.14 bits per heavy atom. The second-order valence-electron chi connectivity index (χ2n) is 7.83. The summed E-state index contributed by atoms with van der Waals surface area (Å²) < 4.78 is 2.73. The lowest BCUT2D eigenvalue weighted by atomic mass is 9.96. The molecule has 1 aliphatic heterocycles. The lowest BCUT2D eigenvalue weighted by Crippen LogP contribution is -2.44. The number of halogens is 1. The Bertz CT molecular complexity index is 902. The lowest BCUT2D eigenvalue weighted by Gasteiger charge is -2.32. The predicted molar refractivity (Wildman–Crippen MR) is 112 cm³/mol. The summed E-state index contributed by atoms with van der Waals surface area (Å²) in [6.45, 7) is 3.24. The average Bonchev–Trinajstić information content (AvgIpc) is 3.49. The van der Waals surface area contributed by atoms with E-state index in [-0.39, 0.29) is 23.7 Å². The van der Waals surface area contributed by atoms with Crippen LogP contribution < -0.4 is 5.32 Å². The van der Waals surface area contributed by atoms with Gasteiger partial charge in [0.25, 0.3) is 0 Å². The molecule has 0 radical (unpaired) electrons. The summed E-state index contributed by atoms with van der Waals surface area (Å²) in [5, 5.41) is 7.61. The summed E-state index contributed by atoms with van der Waals surface area (Å²) in [4.78, 5) is 27.3. The summed E-state index contributed by atoms with van der Waals surface area (Å²) in [6.07, 6.45) is 3.68. The molecule has 1 aliphatic carbocycles. The fraction of sp³-hybridized carbons (Fsp3) is 0.476. The SMILES string of the molecule is Cc1nn(C)c(NC(=O)C2CCCN(C(=O)C3CC3)C2)c1-c1ccc(Br)cc1. The number of nitrogens with one attached hydrogen (secondary N) is 1. The van der Waals surface area contributed by atoms with Crippen LogP contribution in [0.4, 0.5) is 5.82 Å². The molecule has 2 aromatic rings. The largest absolute Gasteiger partial charge is 0.342 e. The number of anilines is 1. The van der Waals surface area contributed by atoms with E-state index >= 15 is 0 Å². The number of aromatic nitrogens is 2. The molecular formula is C21H25BrN4O2. The molecule has 7 heteroatoms. The Kier molecular flexibility index (Phi) is 5.27. The van der Waals surface area contributed by atoms with E-state index < -0.39 is 0 Å². The maximum Gasteiger partial charge on any atom is 0.230 e. The topological polar surface area (TPSA) is 67.2 Å². The van der Waals surface area contributed by atoms with Crippen molar-refractivity contribution >= 4 is 33.6 Å². The molecule has 0 bridgehead atoms. The fourth-order valence-electron chi connectivity index (χ4n) is 3.96. The van der Waals surface area contributed by atoms with E-state index in [1.807, 2.05) is 43.1 Å². The molecule has 4 rings (SSSR count). The van der Waals surface area contributed by atoms with Gasteiger partial charge in [0.2, 0.25) is 11.8 Å². The Hall–Kier alpha value is -2.15. The smallest absolute Gasteiger partial charge is 0.230 e. The number of hydrogen-bond donors (Lipinski definition) is 1. The quantitative estimate of drug-likeness (QED) is 0.780. The van der Waals surface area contributed by atoms with Crippen molar-refractivity contribution in [3.63, 3.8) is 0 Å². The summed E-state index contributed by atoms with van der Waals surface area (Å²) in [6, 6.07) is 7.99. The van der Waals surface area contributed by atoms with Gasteiger partial charge < -0.3 is 10.2 Å². The number of nitrogens with zero attached hydrogens (tertiary/aromatic N) is 3. The average molecular weight is 445 g/mol. The molecule has 2 amide bonds. The van der Waals surface area contributed by atoms with Crippen molar-refractivity contribution in [2.45, 2.75) is 32.6 Å². The van der Waals surface area contributed by atoms with Gasteiger partial charge in [-0.2, -0.15) is 5.10 Å². The van der Waals surface area contributed by atoms with Crippen molar-refractivity contribution in [2.24, 2.45) is 18.9 Å². The Morgan fingerprint density at radius 3 is 2.54 bits per heavy atom. The van der Waals surface area contributed by atoms with Gasteiger partial charge in [-0.05, 0) is 50.3 Å². The molecule has 1 saturated heterocycles. The van der Waals surface area contributed by atoms with E-state index in [0.717, 1.165) is 53.5 Å². The molecule has 0 spiro atoms. The highest BCUT2D eigenvalue weighted by Gasteiger charge is 2.37. The molecule has 1 unspecified atom stereocenters. The molecule has 1 aromatic heterocycles. The van der Waals surface area contributed by atoms with E-state index in [1.165, 1.54) is 0 Å². The highest BCUT2D eigenvalue weighted by molar-refractivity contribution is 9.10. The van der Waals surface area contributed by atoms with E-state index in [2.05, 4.69) is 26.3 Å². The zero-order valence-electron chi connectivity index (χ0n) is 16.2. The highest BCUT2D eigenvalue weighted by Crippen LogP contribution is 2.34. The number of hydrogen-bond acceptors (Lipinski definition) is 3. The Balaban J connectivity index is 1.53. The minimum Gasteiger partial charge on any atom is -0.342 e. The number of carbonyl (C=O) groups is 2. The molecule has 28 heavy (non-hydrogen) atoms. The zero-order chi connectivity index (χ0) is 19.8. The first-order chi connectivity index (χ1) is 13.4. The van der Waals surface area contributed by atoms with Crippen LogP contribution in [0.1, 0.15) is 31.4 Å². The zero-order valence-corrected chi connectivity index (χ0v) is 17.8. The number of likely N-dealkylation sites (tertiary alicyclic amines) is 1. The summed E-state index contributed by atoms with van der Waals surface area (Å²) in [7, 11) is 1.84. The van der Waals surface area contributed by atoms with Gasteiger partial charge in [0.05, 0.1) is 11.6 Å². The number of benzene rings is 1. The van der Waals surface area contributed by atoms with Crippen molar-refractivity contribution in [2.75, 3.05) is 18.4 Å². The summed E-state index contributed by atoms with van der Waals surface area (Å²) in [5.41, 5.74) is 2.82. The van der Waals surface area contributed by atoms with Crippen molar-refractivity contribution in [1.29, 1.82) is 0 Å². The molecule has 6 nitrogen and oxygen atoms in total. The molecule has 1 saturated carbocycles. The van der Waals surface area contributed by atoms with Crippen LogP contribution in [0.15, 0.2) is 28.7 Å². The van der Waals surface area contributed by atoms with Gasteiger partial charge in [0.15, 0.2) is 0 Å². The standard InChI is InChI=1S/C21H25BrN4O2/c1-13-18(14-7-9-17(22)10-8-14)19(25(2)24-13)23-20(27)16-4-3-11-26(12-16)21(28)15-5-6-15/h7-10,15-16H,3-6,11-12H2,1-2H3,(H,23,27). The molecule has 1 aromatic carbocycles. The van der Waals surface area contributed by atoms with E-state index in [0.29, 0.717) is 12.4 Å². The molecule has 2 heterocycles. The van der Waals surface area contributed by atoms with Crippen molar-refractivity contribution in [1.82, 2.24) is 14.7 Å². The normalized spacial score (nSPS) is 19.5. The van der Waals surface area contributed by atoms with Gasteiger partial charge in [-0.25, -0.2) is 0 Å². The maximum atomic E-state index is 13.0. The molecule has 1 atom stereocenters. The van der Waals surface area contributed by atoms with Crippen molar-refractivity contribution in [3.05, 3.63) is 34.4 Å². The third-order valence-corrected chi connectivity index (χ3v) is 6.16. The number of piperidine rings is 1. The van der Waals surface area contributed by atoms with Crippen LogP contribution in [0.3, 0.4) is 0 Å². The van der Waals surface area contributed by atoms with Gasteiger partial charge in [-0.15, -0.1) is 0 Å². The van der Waals surface area contributed by atoms with Crippen LogP contribution in [0.2, 0.25) is 0 Å². The minimum absolute atomic E-state index is 0.0327. The summed E-state index contributed by atoms with van der Waals surface area (Å²) >= 11 is 3.46. The van der Waals surface area contributed by atoms with Crippen molar-refractivity contribution in [3.8, 4) is 11.1 Å². The minimum atomic E-state index is -0.176. The third kappa shape index (κ3) is 3.85. The van der Waals surface area contributed by atoms with Crippen LogP contribution in [0.5, 0.6) is 0 Å². The van der Waals surface area contributed by atoms with E-state index in [1.54, 1.807) is 4.68 Å². The van der Waals surface area contributed by atoms with Crippen LogP contribution in [0.25, 0.3) is 11.1 Å². The highest BCUT2D eigenvalue weighted by atomic mass is 79.9. The van der Waals surface area contributed by atoms with Crippen LogP contribution in [-0.4, -0.2) is 39.6 Å². The predicted octanol–water partition coefficient (Wildman–Crippen LogP) is 3.75. The first-order valence-corrected chi connectivity index (χ1v) is 10.6. The van der Waals surface area contributed by atoms with Crippen molar-refractivity contribution < 1.29 is 9.59 Å².